The van der Waals surface area contributed by atoms with Crippen molar-refractivity contribution in [3.05, 3.63) is 0 Å². The maximum atomic E-state index is 13.1. The van der Waals surface area contributed by atoms with Gasteiger partial charge in [0.1, 0.15) is 18.1 Å². The van der Waals surface area contributed by atoms with Crippen molar-refractivity contribution in [2.45, 2.75) is 69.1 Å². The van der Waals surface area contributed by atoms with Crippen LogP contribution in [0.4, 0.5) is 0 Å². The molecule has 14 nitrogen and oxygen atoms in total. The summed E-state index contributed by atoms with van der Waals surface area (Å²) in [7, 11) is 0. The molecule has 0 aromatic rings. The van der Waals surface area contributed by atoms with Crippen molar-refractivity contribution in [3.8, 4) is 0 Å². The van der Waals surface area contributed by atoms with E-state index in [0.717, 1.165) is 0 Å². The molecular weight excluding hydrogens is 494 g/mol. The third-order valence-electron chi connectivity index (χ3n) is 5.63. The minimum Gasteiger partial charge on any atom is -0.481 e. The number of amides is 3. The molecule has 1 aliphatic heterocycles. The van der Waals surface area contributed by atoms with Crippen LogP contribution in [0.2, 0.25) is 0 Å². The van der Waals surface area contributed by atoms with Crippen LogP contribution in [-0.4, -0.2) is 100.0 Å². The zero-order valence-electron chi connectivity index (χ0n) is 20.4. The van der Waals surface area contributed by atoms with E-state index in [1.54, 1.807) is 0 Å². The molecule has 204 valence electrons. The minimum atomic E-state index is -1.41. The maximum absolute atomic E-state index is 13.1. The summed E-state index contributed by atoms with van der Waals surface area (Å²) in [6.45, 7) is 0.666. The van der Waals surface area contributed by atoms with E-state index >= 15 is 0 Å². The van der Waals surface area contributed by atoms with Crippen LogP contribution >= 0.6 is 11.8 Å². The summed E-state index contributed by atoms with van der Waals surface area (Å²) in [6.07, 6.45) is 3.08. The first-order valence-corrected chi connectivity index (χ1v) is 13.0. The van der Waals surface area contributed by atoms with Crippen LogP contribution in [0.15, 0.2) is 4.99 Å². The van der Waals surface area contributed by atoms with Gasteiger partial charge in [0, 0.05) is 19.5 Å². The molecule has 3 amide bonds. The Labute approximate surface area is 213 Å². The molecule has 1 fully saturated rings. The Morgan fingerprint density at radius 3 is 2.36 bits per heavy atom. The van der Waals surface area contributed by atoms with Gasteiger partial charge in [0.2, 0.25) is 17.7 Å². The second-order valence-electron chi connectivity index (χ2n) is 8.42. The molecule has 1 saturated heterocycles. The van der Waals surface area contributed by atoms with Gasteiger partial charge in [0.25, 0.3) is 0 Å². The van der Waals surface area contributed by atoms with E-state index in [9.17, 15) is 29.1 Å². The zero-order valence-corrected chi connectivity index (χ0v) is 21.2. The van der Waals surface area contributed by atoms with Crippen molar-refractivity contribution in [2.75, 3.05) is 25.1 Å². The number of aliphatic imine (C=N–C) groups is 1. The van der Waals surface area contributed by atoms with Crippen molar-refractivity contribution in [1.82, 2.24) is 15.5 Å². The second-order valence-corrected chi connectivity index (χ2v) is 9.41. The van der Waals surface area contributed by atoms with Gasteiger partial charge < -0.3 is 42.9 Å². The van der Waals surface area contributed by atoms with E-state index in [0.29, 0.717) is 44.5 Å². The third kappa shape index (κ3) is 10.7. The fourth-order valence-electron chi connectivity index (χ4n) is 3.73. The van der Waals surface area contributed by atoms with Gasteiger partial charge in [0.15, 0.2) is 5.96 Å². The lowest BCUT2D eigenvalue weighted by Crippen LogP contribution is -2.56. The number of aliphatic carboxylic acids is 2. The van der Waals surface area contributed by atoms with Crippen LogP contribution in [-0.2, 0) is 24.0 Å². The van der Waals surface area contributed by atoms with E-state index in [2.05, 4.69) is 15.6 Å². The molecule has 1 aliphatic rings. The molecule has 0 saturated carbocycles. The fourth-order valence-corrected chi connectivity index (χ4v) is 4.20. The first-order chi connectivity index (χ1) is 17.0. The highest BCUT2D eigenvalue weighted by atomic mass is 32.2. The molecular formula is C21H37N7O7S. The Bertz CT molecular complexity index is 822. The molecule has 0 aliphatic carbocycles. The molecule has 15 heteroatoms. The summed E-state index contributed by atoms with van der Waals surface area (Å²) in [6, 6.07) is -4.12. The smallest absolute Gasteiger partial charge is 0.326 e. The van der Waals surface area contributed by atoms with Crippen LogP contribution in [0.3, 0.4) is 0 Å². The molecule has 1 heterocycles. The van der Waals surface area contributed by atoms with Crippen molar-refractivity contribution in [2.24, 2.45) is 22.2 Å². The molecule has 4 atom stereocenters. The van der Waals surface area contributed by atoms with Crippen molar-refractivity contribution < 1.29 is 34.2 Å². The Kier molecular flexibility index (Phi) is 13.6. The number of thioether (sulfide) groups is 1. The molecule has 36 heavy (non-hydrogen) atoms. The van der Waals surface area contributed by atoms with Gasteiger partial charge in [-0.15, -0.1) is 0 Å². The number of nitrogens with one attached hydrogen (secondary N) is 2. The van der Waals surface area contributed by atoms with Crippen LogP contribution in [0.1, 0.15) is 44.9 Å². The van der Waals surface area contributed by atoms with Crippen LogP contribution < -0.4 is 27.8 Å². The number of carbonyl (C=O) groups is 5. The lowest BCUT2D eigenvalue weighted by atomic mass is 10.1. The van der Waals surface area contributed by atoms with Gasteiger partial charge in [-0.3, -0.25) is 24.2 Å². The van der Waals surface area contributed by atoms with Gasteiger partial charge in [-0.25, -0.2) is 4.79 Å². The van der Waals surface area contributed by atoms with Crippen LogP contribution in [0, 0.1) is 0 Å². The molecule has 0 aromatic carbocycles. The van der Waals surface area contributed by atoms with Crippen molar-refractivity contribution >= 4 is 47.4 Å². The maximum Gasteiger partial charge on any atom is 0.326 e. The number of carboxylic acids is 2. The number of hydrogen-bond donors (Lipinski definition) is 7. The predicted octanol–water partition coefficient (Wildman–Crippen LogP) is -1.97. The molecule has 1 rings (SSSR count). The Morgan fingerprint density at radius 2 is 1.78 bits per heavy atom. The normalized spacial score (nSPS) is 17.5. The Balaban J connectivity index is 2.82. The first-order valence-electron chi connectivity index (χ1n) is 11.6. The fraction of sp³-hybridized carbons (Fsp3) is 0.714. The van der Waals surface area contributed by atoms with E-state index in [4.69, 9.17) is 22.3 Å². The SMILES string of the molecule is CSCCC(NC(=O)C1CCCN1C(=O)C(N)CCCN=C(N)N)C(=O)NC(CCC(=O)O)C(=O)O. The first kappa shape index (κ1) is 31.0. The number of hydrogen-bond acceptors (Lipinski definition) is 8. The second kappa shape index (κ2) is 15.8. The van der Waals surface area contributed by atoms with Crippen LogP contribution in [0.5, 0.6) is 0 Å². The summed E-state index contributed by atoms with van der Waals surface area (Å²) in [5.41, 5.74) is 16.6. The van der Waals surface area contributed by atoms with E-state index in [1.165, 1.54) is 16.7 Å². The van der Waals surface area contributed by atoms with Crippen molar-refractivity contribution in [3.63, 3.8) is 0 Å². The topological polar surface area (TPSA) is 244 Å². The number of guanidine groups is 1. The summed E-state index contributed by atoms with van der Waals surface area (Å²) in [4.78, 5) is 66.2. The molecule has 0 bridgehead atoms. The van der Waals surface area contributed by atoms with Gasteiger partial charge in [0.05, 0.1) is 6.04 Å². The van der Waals surface area contributed by atoms with E-state index < -0.39 is 54.3 Å². The standard InChI is InChI=1S/C21H37N7O7S/c1-36-11-8-13(17(31)27-14(20(34)35)6-7-16(29)30)26-18(32)15-5-3-10-28(15)19(33)12(22)4-2-9-25-21(23)24/h12-15H,2-11,22H2,1H3,(H,26,32)(H,27,31)(H,29,30)(H,34,35)(H4,23,24,25). The monoisotopic (exact) mass is 531 g/mol. The van der Waals surface area contributed by atoms with Gasteiger partial charge in [-0.2, -0.15) is 11.8 Å². The third-order valence-corrected chi connectivity index (χ3v) is 6.27. The number of carbonyl (C=O) groups excluding carboxylic acids is 3. The molecule has 0 radical (unpaired) electrons. The number of rotatable bonds is 16. The zero-order chi connectivity index (χ0) is 27.3. The van der Waals surface area contributed by atoms with E-state index in [-0.39, 0.29) is 24.7 Å². The number of likely N-dealkylation sites (tertiary alicyclic amines) is 1. The van der Waals surface area contributed by atoms with Gasteiger partial charge in [-0.05, 0) is 50.5 Å². The predicted molar refractivity (Wildman–Crippen MR) is 134 cm³/mol. The number of carboxylic acid groups (broad SMARTS) is 2. The number of nitrogens with zero attached hydrogens (tertiary/aromatic N) is 2. The summed E-state index contributed by atoms with van der Waals surface area (Å²) >= 11 is 1.44. The molecule has 0 aromatic heterocycles. The quantitative estimate of drug-likeness (QED) is 0.0654. The summed E-state index contributed by atoms with van der Waals surface area (Å²) < 4.78 is 0. The highest BCUT2D eigenvalue weighted by Gasteiger charge is 2.37. The largest absolute Gasteiger partial charge is 0.481 e. The van der Waals surface area contributed by atoms with Crippen molar-refractivity contribution in [1.29, 1.82) is 0 Å². The van der Waals surface area contributed by atoms with E-state index in [1.807, 2.05) is 6.26 Å². The highest BCUT2D eigenvalue weighted by molar-refractivity contribution is 7.98. The lowest BCUT2D eigenvalue weighted by Gasteiger charge is -2.28. The molecule has 10 N–H and O–H groups in total. The highest BCUT2D eigenvalue weighted by Crippen LogP contribution is 2.20. The summed E-state index contributed by atoms with van der Waals surface area (Å²) in [5.74, 6) is -3.78. The van der Waals surface area contributed by atoms with Crippen LogP contribution in [0.25, 0.3) is 0 Å². The van der Waals surface area contributed by atoms with Gasteiger partial charge >= 0.3 is 11.9 Å². The Morgan fingerprint density at radius 1 is 1.08 bits per heavy atom. The molecule has 4 unspecified atom stereocenters. The summed E-state index contributed by atoms with van der Waals surface area (Å²) in [5, 5.41) is 23.1. The average Bonchev–Trinajstić information content (AvgIpc) is 3.30. The molecule has 0 spiro atoms. The van der Waals surface area contributed by atoms with Gasteiger partial charge in [-0.1, -0.05) is 0 Å². The Hall–Kier alpha value is -3.07. The lowest BCUT2D eigenvalue weighted by molar-refractivity contribution is -0.144. The number of nitrogens with two attached hydrogens (primary N) is 3. The average molecular weight is 532 g/mol. The minimum absolute atomic E-state index is 0.0530.